The zero-order chi connectivity index (χ0) is 12.3. The second-order valence-corrected chi connectivity index (χ2v) is 5.18. The molecule has 0 spiro atoms. The first-order chi connectivity index (χ1) is 7.30. The zero-order valence-electron chi connectivity index (χ0n) is 10.2. The fourth-order valence-corrected chi connectivity index (χ4v) is 1.69. The van der Waals surface area contributed by atoms with Crippen LogP contribution in [0.1, 0.15) is 40.0 Å². The third-order valence-electron chi connectivity index (χ3n) is 2.54. The minimum atomic E-state index is -0.452. The summed E-state index contributed by atoms with van der Waals surface area (Å²) in [4.78, 5) is 22.5. The van der Waals surface area contributed by atoms with E-state index in [0.29, 0.717) is 6.04 Å². The fraction of sp³-hybridized carbons (Fsp3) is 0.818. The second kappa shape index (κ2) is 4.82. The minimum absolute atomic E-state index is 0.0138. The zero-order valence-corrected chi connectivity index (χ0v) is 10.2. The predicted octanol–water partition coefficient (Wildman–Crippen LogP) is -0.103. The van der Waals surface area contributed by atoms with Gasteiger partial charge in [-0.25, -0.2) is 0 Å². The first-order valence-corrected chi connectivity index (χ1v) is 5.66. The minimum Gasteiger partial charge on any atom is -0.370 e. The average Bonchev–Trinajstić information content (AvgIpc) is 2.84. The molecule has 16 heavy (non-hydrogen) atoms. The van der Waals surface area contributed by atoms with Gasteiger partial charge in [0.2, 0.25) is 11.8 Å². The van der Waals surface area contributed by atoms with Crippen molar-refractivity contribution in [1.29, 1.82) is 0 Å². The first-order valence-electron chi connectivity index (χ1n) is 5.66. The van der Waals surface area contributed by atoms with Gasteiger partial charge in [0.25, 0.3) is 0 Å². The smallest absolute Gasteiger partial charge is 0.237 e. The number of hydrogen-bond acceptors (Lipinski definition) is 3. The highest BCUT2D eigenvalue weighted by atomic mass is 16.2. The molecule has 0 heterocycles. The molecule has 0 aromatic rings. The van der Waals surface area contributed by atoms with Crippen molar-refractivity contribution in [1.82, 2.24) is 10.6 Å². The second-order valence-electron chi connectivity index (χ2n) is 5.18. The topological polar surface area (TPSA) is 84.2 Å². The summed E-state index contributed by atoms with van der Waals surface area (Å²) in [5, 5.41) is 6.02. The van der Waals surface area contributed by atoms with Gasteiger partial charge >= 0.3 is 0 Å². The lowest BCUT2D eigenvalue weighted by Crippen LogP contribution is -2.53. The number of carbonyl (C=O) groups is 2. The van der Waals surface area contributed by atoms with Crippen molar-refractivity contribution in [2.75, 3.05) is 0 Å². The van der Waals surface area contributed by atoms with Crippen LogP contribution in [0.2, 0.25) is 0 Å². The van der Waals surface area contributed by atoms with E-state index in [1.807, 2.05) is 13.8 Å². The number of amides is 2. The molecule has 0 aromatic heterocycles. The Morgan fingerprint density at radius 2 is 2.00 bits per heavy atom. The predicted molar refractivity (Wildman–Crippen MR) is 61.7 cm³/mol. The maximum atomic E-state index is 11.7. The van der Waals surface area contributed by atoms with E-state index in [9.17, 15) is 9.59 Å². The van der Waals surface area contributed by atoms with E-state index in [-0.39, 0.29) is 24.3 Å². The largest absolute Gasteiger partial charge is 0.370 e. The Labute approximate surface area is 96.1 Å². The summed E-state index contributed by atoms with van der Waals surface area (Å²) in [7, 11) is 0. The van der Waals surface area contributed by atoms with Crippen molar-refractivity contribution >= 4 is 11.8 Å². The molecule has 4 N–H and O–H groups in total. The van der Waals surface area contributed by atoms with Crippen LogP contribution in [-0.4, -0.2) is 29.4 Å². The molecule has 92 valence electrons. The Morgan fingerprint density at radius 1 is 1.44 bits per heavy atom. The Morgan fingerprint density at radius 3 is 2.44 bits per heavy atom. The number of nitrogens with two attached hydrogens (primary N) is 1. The monoisotopic (exact) mass is 227 g/mol. The molecule has 0 aliphatic heterocycles. The Hall–Kier alpha value is -1.10. The molecule has 1 aliphatic carbocycles. The van der Waals surface area contributed by atoms with Crippen LogP contribution in [0, 0.1) is 0 Å². The molecule has 1 fully saturated rings. The van der Waals surface area contributed by atoms with Gasteiger partial charge in [-0.05, 0) is 33.6 Å². The molecule has 1 saturated carbocycles. The Balaban J connectivity index is 2.38. The number of nitrogens with one attached hydrogen (secondary N) is 2. The summed E-state index contributed by atoms with van der Waals surface area (Å²) in [6.07, 6.45) is 2.36. The van der Waals surface area contributed by atoms with E-state index in [0.717, 1.165) is 12.8 Å². The third kappa shape index (κ3) is 4.61. The molecule has 0 saturated heterocycles. The number of carbonyl (C=O) groups excluding carboxylic acids is 2. The normalized spacial score (nSPS) is 17.9. The summed E-state index contributed by atoms with van der Waals surface area (Å²) in [5.41, 5.74) is 4.69. The van der Waals surface area contributed by atoms with Gasteiger partial charge in [-0.15, -0.1) is 0 Å². The average molecular weight is 227 g/mol. The van der Waals surface area contributed by atoms with Crippen LogP contribution < -0.4 is 16.4 Å². The maximum absolute atomic E-state index is 11.7. The molecule has 5 heteroatoms. The molecule has 0 aromatic carbocycles. The van der Waals surface area contributed by atoms with Crippen molar-refractivity contribution in [3.05, 3.63) is 0 Å². The lowest BCUT2D eigenvalue weighted by molar-refractivity contribution is -0.124. The van der Waals surface area contributed by atoms with Gasteiger partial charge in [-0.1, -0.05) is 0 Å². The molecule has 1 atom stereocenters. The van der Waals surface area contributed by atoms with E-state index in [1.165, 1.54) is 0 Å². The van der Waals surface area contributed by atoms with Crippen molar-refractivity contribution in [2.24, 2.45) is 5.73 Å². The Kier molecular flexibility index (Phi) is 3.91. The highest BCUT2D eigenvalue weighted by Crippen LogP contribution is 2.18. The number of primary amides is 1. The van der Waals surface area contributed by atoms with Gasteiger partial charge in [0.05, 0.1) is 6.04 Å². The van der Waals surface area contributed by atoms with E-state index in [1.54, 1.807) is 6.92 Å². The number of rotatable bonds is 6. The highest BCUT2D eigenvalue weighted by molar-refractivity contribution is 5.82. The molecule has 2 amide bonds. The van der Waals surface area contributed by atoms with Crippen LogP contribution in [-0.2, 0) is 9.59 Å². The van der Waals surface area contributed by atoms with Gasteiger partial charge in [0, 0.05) is 18.0 Å². The van der Waals surface area contributed by atoms with Crippen LogP contribution >= 0.6 is 0 Å². The quantitative estimate of drug-likeness (QED) is 0.592. The number of hydrogen-bond donors (Lipinski definition) is 3. The summed E-state index contributed by atoms with van der Waals surface area (Å²) >= 11 is 0. The Bertz CT molecular complexity index is 285. The highest BCUT2D eigenvalue weighted by Gasteiger charge is 2.29. The van der Waals surface area contributed by atoms with Gasteiger partial charge in [-0.2, -0.15) is 0 Å². The van der Waals surface area contributed by atoms with Gasteiger partial charge in [0.1, 0.15) is 0 Å². The molecule has 1 unspecified atom stereocenters. The lowest BCUT2D eigenvalue weighted by Gasteiger charge is -2.28. The van der Waals surface area contributed by atoms with Crippen molar-refractivity contribution in [3.63, 3.8) is 0 Å². The summed E-state index contributed by atoms with van der Waals surface area (Å²) in [5.74, 6) is -0.382. The van der Waals surface area contributed by atoms with Crippen LogP contribution in [0.3, 0.4) is 0 Å². The molecular weight excluding hydrogens is 206 g/mol. The molecule has 0 radical (unpaired) electrons. The summed E-state index contributed by atoms with van der Waals surface area (Å²) in [6, 6.07) is 0.0472. The van der Waals surface area contributed by atoms with Crippen LogP contribution in [0.25, 0.3) is 0 Å². The van der Waals surface area contributed by atoms with Crippen LogP contribution in [0.15, 0.2) is 0 Å². The van der Waals surface area contributed by atoms with Crippen LogP contribution in [0.4, 0.5) is 0 Å². The SMILES string of the molecule is CC(NC(C)(C)CC(N)=O)C(=O)NC1CC1. The molecular formula is C11H21N3O2. The van der Waals surface area contributed by atoms with Crippen LogP contribution in [0.5, 0.6) is 0 Å². The van der Waals surface area contributed by atoms with Gasteiger partial charge < -0.3 is 16.4 Å². The summed E-state index contributed by atoms with van der Waals surface area (Å²) < 4.78 is 0. The van der Waals surface area contributed by atoms with Gasteiger partial charge in [0.15, 0.2) is 0 Å². The third-order valence-corrected chi connectivity index (χ3v) is 2.54. The van der Waals surface area contributed by atoms with E-state index in [4.69, 9.17) is 5.73 Å². The molecule has 0 bridgehead atoms. The standard InChI is InChI=1S/C11H21N3O2/c1-7(10(16)13-8-4-5-8)14-11(2,3)6-9(12)15/h7-8,14H,4-6H2,1-3H3,(H2,12,15)(H,13,16). The fourth-order valence-electron chi connectivity index (χ4n) is 1.69. The summed E-state index contributed by atoms with van der Waals surface area (Å²) in [6.45, 7) is 5.51. The van der Waals surface area contributed by atoms with E-state index in [2.05, 4.69) is 10.6 Å². The van der Waals surface area contributed by atoms with Crippen molar-refractivity contribution in [3.8, 4) is 0 Å². The van der Waals surface area contributed by atoms with Crippen molar-refractivity contribution in [2.45, 2.75) is 57.7 Å². The first kappa shape index (κ1) is 13.0. The molecule has 1 aliphatic rings. The van der Waals surface area contributed by atoms with E-state index >= 15 is 0 Å². The molecule has 5 nitrogen and oxygen atoms in total. The van der Waals surface area contributed by atoms with Gasteiger partial charge in [-0.3, -0.25) is 9.59 Å². The maximum Gasteiger partial charge on any atom is 0.237 e. The lowest BCUT2D eigenvalue weighted by atomic mass is 9.99. The van der Waals surface area contributed by atoms with Crippen molar-refractivity contribution < 1.29 is 9.59 Å². The molecule has 1 rings (SSSR count). The van der Waals surface area contributed by atoms with E-state index < -0.39 is 5.54 Å².